The summed E-state index contributed by atoms with van der Waals surface area (Å²) in [4.78, 5) is 27.1. The minimum Gasteiger partial charge on any atom is -0.486 e. The van der Waals surface area contributed by atoms with Gasteiger partial charge in [0, 0.05) is 19.0 Å². The molecule has 3 aromatic rings. The number of rotatable bonds is 8. The minimum atomic E-state index is -0.400. The molecule has 1 aliphatic rings. The molecule has 7 heteroatoms. The predicted molar refractivity (Wildman–Crippen MR) is 135 cm³/mol. The molecule has 0 aliphatic carbocycles. The van der Waals surface area contributed by atoms with Crippen molar-refractivity contribution in [3.05, 3.63) is 88.6 Å². The fraction of sp³-hybridized carbons (Fsp3) is 0.379. The number of halogens is 1. The zero-order valence-electron chi connectivity index (χ0n) is 21.2. The minimum absolute atomic E-state index is 0.0279. The van der Waals surface area contributed by atoms with Crippen molar-refractivity contribution in [2.75, 3.05) is 13.1 Å². The van der Waals surface area contributed by atoms with Gasteiger partial charge in [-0.15, -0.1) is 0 Å². The summed E-state index contributed by atoms with van der Waals surface area (Å²) in [6.07, 6.45) is 0.715. The Morgan fingerprint density at radius 3 is 2.64 bits per heavy atom. The molecule has 4 rings (SSSR count). The Kier molecular flexibility index (Phi) is 7.77. The third kappa shape index (κ3) is 5.78. The number of carbonyl (C=O) groups is 2. The quantitative estimate of drug-likeness (QED) is 0.450. The Hall–Kier alpha value is -3.61. The lowest BCUT2D eigenvalue weighted by Crippen LogP contribution is -2.42. The van der Waals surface area contributed by atoms with Crippen LogP contribution in [0, 0.1) is 17.7 Å². The van der Waals surface area contributed by atoms with E-state index in [2.05, 4.69) is 5.32 Å². The van der Waals surface area contributed by atoms with E-state index in [1.54, 1.807) is 18.2 Å². The zero-order valence-corrected chi connectivity index (χ0v) is 21.2. The molecule has 2 aromatic carbocycles. The summed E-state index contributed by atoms with van der Waals surface area (Å²) >= 11 is 0. The van der Waals surface area contributed by atoms with Crippen molar-refractivity contribution in [2.45, 2.75) is 46.8 Å². The van der Waals surface area contributed by atoms with Crippen LogP contribution in [0.1, 0.15) is 66.7 Å². The number of benzene rings is 2. The lowest BCUT2D eigenvalue weighted by Gasteiger charge is -2.39. The predicted octanol–water partition coefficient (Wildman–Crippen LogP) is 5.51. The molecule has 1 N–H and O–H groups in total. The second kappa shape index (κ2) is 11.0. The number of hydrogen-bond acceptors (Lipinski definition) is 4. The van der Waals surface area contributed by atoms with Crippen molar-refractivity contribution >= 4 is 11.8 Å². The molecular formula is C29H33FN2O4. The van der Waals surface area contributed by atoms with E-state index in [1.807, 2.05) is 56.9 Å². The summed E-state index contributed by atoms with van der Waals surface area (Å²) in [5.74, 6) is 0.990. The average Bonchev–Trinajstić information content (AvgIpc) is 3.34. The van der Waals surface area contributed by atoms with Crippen LogP contribution in [0.5, 0.6) is 5.75 Å². The Balaban J connectivity index is 1.56. The van der Waals surface area contributed by atoms with E-state index < -0.39 is 6.04 Å². The monoisotopic (exact) mass is 492 g/mol. The van der Waals surface area contributed by atoms with Gasteiger partial charge in [0.25, 0.3) is 5.91 Å². The van der Waals surface area contributed by atoms with Crippen LogP contribution in [0.2, 0.25) is 0 Å². The van der Waals surface area contributed by atoms with Crippen molar-refractivity contribution in [1.29, 1.82) is 0 Å². The highest BCUT2D eigenvalue weighted by molar-refractivity contribution is 5.91. The summed E-state index contributed by atoms with van der Waals surface area (Å²) in [5.41, 5.74) is 2.75. The summed E-state index contributed by atoms with van der Waals surface area (Å²) in [6, 6.07) is 15.2. The van der Waals surface area contributed by atoms with Gasteiger partial charge in [0.1, 0.15) is 23.9 Å². The third-order valence-corrected chi connectivity index (χ3v) is 6.22. The molecule has 36 heavy (non-hydrogen) atoms. The molecule has 0 unspecified atom stereocenters. The van der Waals surface area contributed by atoms with Crippen molar-refractivity contribution in [3.63, 3.8) is 0 Å². The first-order valence-corrected chi connectivity index (χ1v) is 12.4. The maximum atomic E-state index is 14.2. The molecule has 0 saturated heterocycles. The molecule has 0 bridgehead atoms. The maximum absolute atomic E-state index is 14.2. The number of fused-ring (bicyclic) bond motifs is 1. The van der Waals surface area contributed by atoms with Crippen LogP contribution in [0.25, 0.3) is 0 Å². The Labute approximate surface area is 211 Å². The van der Waals surface area contributed by atoms with Gasteiger partial charge in [-0.2, -0.15) is 0 Å². The first-order valence-electron chi connectivity index (χ1n) is 12.4. The number of furan rings is 1. The fourth-order valence-corrected chi connectivity index (χ4v) is 4.40. The Morgan fingerprint density at radius 2 is 1.92 bits per heavy atom. The highest BCUT2D eigenvalue weighted by atomic mass is 19.1. The summed E-state index contributed by atoms with van der Waals surface area (Å²) < 4.78 is 25.8. The molecule has 0 radical (unpaired) electrons. The van der Waals surface area contributed by atoms with Crippen LogP contribution in [0.15, 0.2) is 59.0 Å². The van der Waals surface area contributed by atoms with E-state index in [0.29, 0.717) is 36.9 Å². The van der Waals surface area contributed by atoms with Crippen molar-refractivity contribution in [1.82, 2.24) is 10.2 Å². The molecular weight excluding hydrogens is 459 g/mol. The van der Waals surface area contributed by atoms with Crippen LogP contribution in [-0.2, 0) is 17.8 Å². The normalized spacial score (nSPS) is 15.2. The third-order valence-electron chi connectivity index (χ3n) is 6.22. The average molecular weight is 493 g/mol. The van der Waals surface area contributed by atoms with Crippen LogP contribution in [0.4, 0.5) is 4.39 Å². The number of nitrogens with zero attached hydrogens (tertiary/aromatic N) is 1. The molecule has 1 aromatic heterocycles. The van der Waals surface area contributed by atoms with Crippen LogP contribution in [-0.4, -0.2) is 29.8 Å². The molecule has 1 atom stereocenters. The van der Waals surface area contributed by atoms with Crippen molar-refractivity contribution in [3.8, 4) is 5.75 Å². The van der Waals surface area contributed by atoms with Crippen LogP contribution < -0.4 is 10.1 Å². The molecule has 190 valence electrons. The van der Waals surface area contributed by atoms with Crippen molar-refractivity contribution < 1.29 is 23.1 Å². The van der Waals surface area contributed by atoms with E-state index >= 15 is 0 Å². The number of hydrogen-bond donors (Lipinski definition) is 1. The van der Waals surface area contributed by atoms with Gasteiger partial charge in [-0.05, 0) is 65.4 Å². The molecule has 2 amide bonds. The molecule has 2 heterocycles. The standard InChI is InChI=1S/C29H33FN2O4/c1-18(2)16-31-28(33)26-11-10-24(36-26)17-35-23-9-8-20-12-13-32(29(34)19(3)4)27(25(20)15-23)21-6-5-7-22(30)14-21/h5-11,14-15,18-19,27H,12-13,16-17H2,1-4H3,(H,31,33)/t27-/m0/s1. The Bertz CT molecular complexity index is 1230. The fourth-order valence-electron chi connectivity index (χ4n) is 4.40. The van der Waals surface area contributed by atoms with Gasteiger partial charge in [0.2, 0.25) is 5.91 Å². The Morgan fingerprint density at radius 1 is 1.11 bits per heavy atom. The molecule has 0 spiro atoms. The second-order valence-electron chi connectivity index (χ2n) is 9.91. The van der Waals surface area contributed by atoms with Crippen LogP contribution >= 0.6 is 0 Å². The molecule has 0 saturated carbocycles. The summed E-state index contributed by atoms with van der Waals surface area (Å²) in [5, 5.41) is 2.83. The van der Waals surface area contributed by atoms with Gasteiger partial charge < -0.3 is 19.4 Å². The van der Waals surface area contributed by atoms with Gasteiger partial charge >= 0.3 is 0 Å². The van der Waals surface area contributed by atoms with Gasteiger partial charge in [0.15, 0.2) is 5.76 Å². The highest BCUT2D eigenvalue weighted by Crippen LogP contribution is 2.38. The van der Waals surface area contributed by atoms with Crippen molar-refractivity contribution in [2.24, 2.45) is 11.8 Å². The van der Waals surface area contributed by atoms with E-state index in [0.717, 1.165) is 16.7 Å². The van der Waals surface area contributed by atoms with E-state index in [9.17, 15) is 14.0 Å². The topological polar surface area (TPSA) is 71.8 Å². The van der Waals surface area contributed by atoms with Crippen LogP contribution in [0.3, 0.4) is 0 Å². The maximum Gasteiger partial charge on any atom is 0.287 e. The van der Waals surface area contributed by atoms with E-state index in [1.165, 1.54) is 12.1 Å². The van der Waals surface area contributed by atoms with Gasteiger partial charge in [-0.25, -0.2) is 4.39 Å². The number of carbonyl (C=O) groups excluding carboxylic acids is 2. The molecule has 6 nitrogen and oxygen atoms in total. The molecule has 1 aliphatic heterocycles. The number of amides is 2. The van der Waals surface area contributed by atoms with E-state index in [-0.39, 0.29) is 35.9 Å². The number of nitrogens with one attached hydrogen (secondary N) is 1. The van der Waals surface area contributed by atoms with Gasteiger partial charge in [-0.1, -0.05) is 45.9 Å². The van der Waals surface area contributed by atoms with E-state index in [4.69, 9.17) is 9.15 Å². The lowest BCUT2D eigenvalue weighted by atomic mass is 9.87. The van der Waals surface area contributed by atoms with Gasteiger partial charge in [0.05, 0.1) is 6.04 Å². The SMILES string of the molecule is CC(C)CNC(=O)c1ccc(COc2ccc3c(c2)[C@H](c2cccc(F)c2)N(C(=O)C(C)C)CC3)o1. The zero-order chi connectivity index (χ0) is 25.8. The highest BCUT2D eigenvalue weighted by Gasteiger charge is 2.33. The largest absolute Gasteiger partial charge is 0.486 e. The summed E-state index contributed by atoms with van der Waals surface area (Å²) in [7, 11) is 0. The smallest absolute Gasteiger partial charge is 0.287 e. The molecule has 0 fully saturated rings. The number of ether oxygens (including phenoxy) is 1. The second-order valence-corrected chi connectivity index (χ2v) is 9.91. The van der Waals surface area contributed by atoms with Gasteiger partial charge in [-0.3, -0.25) is 9.59 Å². The lowest BCUT2D eigenvalue weighted by molar-refractivity contribution is -0.136. The first kappa shape index (κ1) is 25.5. The summed E-state index contributed by atoms with van der Waals surface area (Å²) in [6.45, 7) is 9.09. The first-order chi connectivity index (χ1) is 17.2.